The van der Waals surface area contributed by atoms with Gasteiger partial charge in [0.1, 0.15) is 0 Å². The van der Waals surface area contributed by atoms with E-state index >= 15 is 0 Å². The summed E-state index contributed by atoms with van der Waals surface area (Å²) in [5, 5.41) is 0. The van der Waals surface area contributed by atoms with Crippen molar-refractivity contribution < 1.29 is 0 Å². The normalized spacial score (nSPS) is 26.8. The third-order valence-electron chi connectivity index (χ3n) is 7.69. The highest BCUT2D eigenvalue weighted by Gasteiger charge is 2.31. The minimum atomic E-state index is 0.833. The monoisotopic (exact) mass is 384 g/mol. The Kier molecular flexibility index (Phi) is 5.81. The molecule has 0 spiro atoms. The van der Waals surface area contributed by atoms with Crippen LogP contribution in [0.4, 0.5) is 0 Å². The van der Waals surface area contributed by atoms with Gasteiger partial charge in [-0.3, -0.25) is 0 Å². The third kappa shape index (κ3) is 4.13. The van der Waals surface area contributed by atoms with Crippen LogP contribution in [-0.2, 0) is 12.8 Å². The van der Waals surface area contributed by atoms with Crippen LogP contribution in [0.1, 0.15) is 67.9 Å². The van der Waals surface area contributed by atoms with Gasteiger partial charge in [0.15, 0.2) is 0 Å². The maximum Gasteiger partial charge on any atom is -0.00818 e. The van der Waals surface area contributed by atoms with Crippen LogP contribution < -0.4 is 0 Å². The lowest BCUT2D eigenvalue weighted by atomic mass is 9.67. The molecule has 0 radical (unpaired) electrons. The summed E-state index contributed by atoms with van der Waals surface area (Å²) < 4.78 is 0. The summed E-state index contributed by atoms with van der Waals surface area (Å²) in [6.07, 6.45) is 8.75. The molecule has 4 unspecified atom stereocenters. The van der Waals surface area contributed by atoms with Crippen molar-refractivity contribution in [3.63, 3.8) is 0 Å². The molecule has 0 aromatic heterocycles. The minimum absolute atomic E-state index is 0.833. The zero-order chi connectivity index (χ0) is 20.5. The lowest BCUT2D eigenvalue weighted by molar-refractivity contribution is 0.129. The highest BCUT2D eigenvalue weighted by molar-refractivity contribution is 6.06. The van der Waals surface area contributed by atoms with Crippen LogP contribution in [0.15, 0.2) is 55.1 Å². The van der Waals surface area contributed by atoms with Gasteiger partial charge >= 0.3 is 0 Å². The Bertz CT molecular complexity index is 912. The van der Waals surface area contributed by atoms with E-state index in [1.54, 1.807) is 0 Å². The average molecular weight is 385 g/mol. The van der Waals surface area contributed by atoms with Gasteiger partial charge in [0, 0.05) is 0 Å². The van der Waals surface area contributed by atoms with Crippen molar-refractivity contribution in [3.8, 4) is 0 Å². The summed E-state index contributed by atoms with van der Waals surface area (Å²) in [6, 6.07) is 16.0. The van der Waals surface area contributed by atoms with Gasteiger partial charge < -0.3 is 0 Å². The van der Waals surface area contributed by atoms with Crippen LogP contribution >= 0.6 is 0 Å². The Morgan fingerprint density at radius 2 is 1.66 bits per heavy atom. The lowest BCUT2D eigenvalue weighted by Crippen LogP contribution is -2.30. The van der Waals surface area contributed by atoms with Crippen molar-refractivity contribution in [1.82, 2.24) is 0 Å². The standard InChI is InChI=1S/C29H36/c1-6-24-18-27(21(4)15-20(24)3)17-23-9-13-29-22(5)28(14-12-26(29)16-23)25-10-7-19(2)8-11-25/h7-11,13-14,16,20-21,24,27H,5-6,12,15,17-18H2,1-4H3. The van der Waals surface area contributed by atoms with Crippen molar-refractivity contribution in [1.29, 1.82) is 0 Å². The Morgan fingerprint density at radius 3 is 2.38 bits per heavy atom. The maximum atomic E-state index is 4.45. The number of benzene rings is 2. The molecule has 1 saturated carbocycles. The molecular formula is C29H36. The van der Waals surface area contributed by atoms with E-state index in [2.05, 4.69) is 82.8 Å². The zero-order valence-corrected chi connectivity index (χ0v) is 18.7. The average Bonchev–Trinajstić information content (AvgIpc) is 2.71. The number of hydrogen-bond donors (Lipinski definition) is 0. The molecule has 2 aliphatic rings. The molecule has 4 rings (SSSR count). The van der Waals surface area contributed by atoms with Gasteiger partial charge in [-0.05, 0) is 89.7 Å². The second-order valence-electron chi connectivity index (χ2n) is 9.72. The first kappa shape index (κ1) is 20.2. The molecule has 0 heterocycles. The number of hydrogen-bond acceptors (Lipinski definition) is 0. The van der Waals surface area contributed by atoms with Crippen LogP contribution in [0.25, 0.3) is 11.1 Å². The van der Waals surface area contributed by atoms with E-state index < -0.39 is 0 Å². The largest absolute Gasteiger partial charge is 0.0905 e. The molecule has 0 aliphatic heterocycles. The quantitative estimate of drug-likeness (QED) is 0.502. The van der Waals surface area contributed by atoms with E-state index in [-0.39, 0.29) is 0 Å². The van der Waals surface area contributed by atoms with Crippen LogP contribution in [0, 0.1) is 30.6 Å². The van der Waals surface area contributed by atoms with E-state index in [4.69, 9.17) is 0 Å². The van der Waals surface area contributed by atoms with Crippen molar-refractivity contribution in [2.75, 3.05) is 0 Å². The zero-order valence-electron chi connectivity index (χ0n) is 18.7. The van der Waals surface area contributed by atoms with E-state index in [1.165, 1.54) is 64.6 Å². The van der Waals surface area contributed by atoms with Gasteiger partial charge in [0.05, 0.1) is 0 Å². The molecule has 0 N–H and O–H groups in total. The first-order chi connectivity index (χ1) is 14.0. The predicted octanol–water partition coefficient (Wildman–Crippen LogP) is 7.90. The molecule has 0 saturated heterocycles. The Balaban J connectivity index is 1.52. The Hall–Kier alpha value is -2.08. The summed E-state index contributed by atoms with van der Waals surface area (Å²) in [7, 11) is 0. The van der Waals surface area contributed by atoms with E-state index in [1.807, 2.05) is 0 Å². The van der Waals surface area contributed by atoms with Gasteiger partial charge in [0.2, 0.25) is 0 Å². The SMILES string of the molecule is C=C1C(c2ccc(C)cc2)=CCc2cc(CC3CC(CC)C(C)CC3C)ccc21. The molecule has 0 amide bonds. The number of fused-ring (bicyclic) bond motifs is 1. The van der Waals surface area contributed by atoms with Crippen LogP contribution in [0.3, 0.4) is 0 Å². The van der Waals surface area contributed by atoms with Gasteiger partial charge in [-0.2, -0.15) is 0 Å². The molecule has 29 heavy (non-hydrogen) atoms. The highest BCUT2D eigenvalue weighted by Crippen LogP contribution is 2.42. The topological polar surface area (TPSA) is 0 Å². The van der Waals surface area contributed by atoms with E-state index in [0.717, 1.165) is 30.1 Å². The molecular weight excluding hydrogens is 348 g/mol. The molecule has 1 fully saturated rings. The smallest absolute Gasteiger partial charge is 0.00818 e. The fraction of sp³-hybridized carbons (Fsp3) is 0.448. The first-order valence-electron chi connectivity index (χ1n) is 11.5. The molecule has 2 aromatic rings. The Morgan fingerprint density at radius 1 is 0.931 bits per heavy atom. The van der Waals surface area contributed by atoms with Gasteiger partial charge in [-0.25, -0.2) is 0 Å². The van der Waals surface area contributed by atoms with Crippen molar-refractivity contribution >= 4 is 11.1 Å². The molecule has 0 heteroatoms. The van der Waals surface area contributed by atoms with Crippen molar-refractivity contribution in [2.45, 2.75) is 59.8 Å². The lowest BCUT2D eigenvalue weighted by Gasteiger charge is -2.39. The number of aryl methyl sites for hydroxylation is 1. The number of allylic oxidation sites excluding steroid dienone is 3. The summed E-state index contributed by atoms with van der Waals surface area (Å²) in [5.74, 6) is 3.48. The van der Waals surface area contributed by atoms with Gasteiger partial charge in [-0.1, -0.05) is 87.9 Å². The van der Waals surface area contributed by atoms with Gasteiger partial charge in [-0.15, -0.1) is 0 Å². The fourth-order valence-electron chi connectivity index (χ4n) is 5.72. The first-order valence-corrected chi connectivity index (χ1v) is 11.5. The summed E-state index contributed by atoms with van der Waals surface area (Å²) in [4.78, 5) is 0. The number of rotatable bonds is 4. The second kappa shape index (κ2) is 8.34. The Labute approximate surface area is 177 Å². The summed E-state index contributed by atoms with van der Waals surface area (Å²) >= 11 is 0. The van der Waals surface area contributed by atoms with E-state index in [0.29, 0.717) is 0 Å². The molecule has 4 atom stereocenters. The molecule has 2 aliphatic carbocycles. The third-order valence-corrected chi connectivity index (χ3v) is 7.69. The summed E-state index contributed by atoms with van der Waals surface area (Å²) in [6.45, 7) is 13.9. The summed E-state index contributed by atoms with van der Waals surface area (Å²) in [5.41, 5.74) is 9.36. The minimum Gasteiger partial charge on any atom is -0.0905 e. The molecule has 152 valence electrons. The van der Waals surface area contributed by atoms with Crippen molar-refractivity contribution in [3.05, 3.63) is 82.9 Å². The molecule has 0 nitrogen and oxygen atoms in total. The highest BCUT2D eigenvalue weighted by atomic mass is 14.4. The van der Waals surface area contributed by atoms with Crippen LogP contribution in [0.2, 0.25) is 0 Å². The maximum absolute atomic E-state index is 4.45. The van der Waals surface area contributed by atoms with E-state index in [9.17, 15) is 0 Å². The fourth-order valence-corrected chi connectivity index (χ4v) is 5.72. The molecule has 0 bridgehead atoms. The predicted molar refractivity (Wildman–Crippen MR) is 127 cm³/mol. The second-order valence-corrected chi connectivity index (χ2v) is 9.72. The van der Waals surface area contributed by atoms with Crippen LogP contribution in [0.5, 0.6) is 0 Å². The molecule has 2 aromatic carbocycles. The van der Waals surface area contributed by atoms with Gasteiger partial charge in [0.25, 0.3) is 0 Å². The van der Waals surface area contributed by atoms with Crippen LogP contribution in [-0.4, -0.2) is 0 Å². The van der Waals surface area contributed by atoms with Crippen molar-refractivity contribution in [2.24, 2.45) is 23.7 Å².